The molecule has 0 unspecified atom stereocenters. The van der Waals surface area contributed by atoms with E-state index in [-0.39, 0.29) is 5.60 Å². The minimum absolute atomic E-state index is 0.358. The fraction of sp³-hybridized carbons (Fsp3) is 0.450. The summed E-state index contributed by atoms with van der Waals surface area (Å²) in [5.41, 5.74) is 2.84. The van der Waals surface area contributed by atoms with Gasteiger partial charge in [0.15, 0.2) is 0 Å². The lowest BCUT2D eigenvalue weighted by Crippen LogP contribution is -2.48. The molecule has 9 nitrogen and oxygen atoms in total. The van der Waals surface area contributed by atoms with Crippen molar-refractivity contribution in [2.75, 3.05) is 43.6 Å². The summed E-state index contributed by atoms with van der Waals surface area (Å²) in [6.45, 7) is 2.31. The normalized spacial score (nSPS) is 17.9. The summed E-state index contributed by atoms with van der Waals surface area (Å²) >= 11 is 0. The Kier molecular flexibility index (Phi) is 4.39. The van der Waals surface area contributed by atoms with Gasteiger partial charge < -0.3 is 14.5 Å². The van der Waals surface area contributed by atoms with Gasteiger partial charge in [0.2, 0.25) is 11.9 Å². The first kappa shape index (κ1) is 18.0. The lowest BCUT2D eigenvalue weighted by atomic mass is 9.83. The van der Waals surface area contributed by atoms with Gasteiger partial charge in [0.25, 0.3) is 0 Å². The van der Waals surface area contributed by atoms with Crippen molar-refractivity contribution in [3.8, 4) is 5.69 Å². The van der Waals surface area contributed by atoms with Crippen LogP contribution < -0.4 is 9.80 Å². The molecule has 1 fully saturated rings. The topological polar surface area (TPSA) is 85.1 Å². The largest absolute Gasteiger partial charge is 0.368 e. The summed E-state index contributed by atoms with van der Waals surface area (Å²) < 4.78 is 8.15. The lowest BCUT2D eigenvalue weighted by molar-refractivity contribution is -0.0802. The molecule has 0 bridgehead atoms. The van der Waals surface area contributed by atoms with E-state index in [4.69, 9.17) is 9.72 Å². The van der Waals surface area contributed by atoms with Crippen LogP contribution in [0.2, 0.25) is 0 Å². The van der Waals surface area contributed by atoms with Gasteiger partial charge in [0.1, 0.15) is 5.60 Å². The number of rotatable bonds is 3. The van der Waals surface area contributed by atoms with Crippen LogP contribution in [0.15, 0.2) is 36.5 Å². The maximum Gasteiger partial charge on any atom is 0.250 e. The highest BCUT2D eigenvalue weighted by Crippen LogP contribution is 2.41. The fourth-order valence-corrected chi connectivity index (χ4v) is 4.18. The fourth-order valence-electron chi connectivity index (χ4n) is 4.18. The van der Waals surface area contributed by atoms with Crippen LogP contribution in [0.4, 0.5) is 11.9 Å². The number of nitrogens with zero attached hydrogens (tertiary/aromatic N) is 8. The molecule has 1 aromatic carbocycles. The molecular formula is C20H24N8O. The summed E-state index contributed by atoms with van der Waals surface area (Å²) in [6.07, 6.45) is 4.50. The third-order valence-corrected chi connectivity index (χ3v) is 5.74. The molecule has 0 radical (unpaired) electrons. The number of piperidine rings is 1. The highest BCUT2D eigenvalue weighted by Gasteiger charge is 2.43. The van der Waals surface area contributed by atoms with Crippen molar-refractivity contribution in [3.05, 3.63) is 47.8 Å². The van der Waals surface area contributed by atoms with Crippen molar-refractivity contribution in [1.29, 1.82) is 0 Å². The van der Waals surface area contributed by atoms with Gasteiger partial charge >= 0.3 is 0 Å². The summed E-state index contributed by atoms with van der Waals surface area (Å²) in [5, 5.41) is 12.4. The quantitative estimate of drug-likeness (QED) is 0.664. The van der Waals surface area contributed by atoms with Gasteiger partial charge in [-0.05, 0) is 47.4 Å². The number of hydrogen-bond acceptors (Lipinski definition) is 8. The Bertz CT molecular complexity index is 995. The monoisotopic (exact) mass is 392 g/mol. The second-order valence-electron chi connectivity index (χ2n) is 7.74. The smallest absolute Gasteiger partial charge is 0.250 e. The van der Waals surface area contributed by atoms with E-state index in [1.165, 1.54) is 5.56 Å². The van der Waals surface area contributed by atoms with Crippen LogP contribution in [-0.4, -0.2) is 64.0 Å². The number of fused-ring (bicyclic) bond motifs is 2. The predicted molar refractivity (Wildman–Crippen MR) is 108 cm³/mol. The van der Waals surface area contributed by atoms with Crippen LogP contribution in [0.5, 0.6) is 0 Å². The number of hydrogen-bond donors (Lipinski definition) is 0. The number of aromatic nitrogens is 6. The van der Waals surface area contributed by atoms with Crippen LogP contribution in [0.25, 0.3) is 5.69 Å². The zero-order valence-electron chi connectivity index (χ0n) is 16.7. The molecule has 2 aromatic heterocycles. The van der Waals surface area contributed by atoms with Gasteiger partial charge in [0.05, 0.1) is 18.0 Å². The van der Waals surface area contributed by atoms with E-state index in [1.54, 1.807) is 4.68 Å². The van der Waals surface area contributed by atoms with E-state index < -0.39 is 0 Å². The third kappa shape index (κ3) is 3.11. The van der Waals surface area contributed by atoms with Gasteiger partial charge in [-0.2, -0.15) is 4.68 Å². The Morgan fingerprint density at radius 1 is 1.10 bits per heavy atom. The first-order valence-electron chi connectivity index (χ1n) is 9.93. The highest BCUT2D eigenvalue weighted by atomic mass is 16.5. The maximum absolute atomic E-state index is 6.35. The summed E-state index contributed by atoms with van der Waals surface area (Å²) in [7, 11) is 3.92. The second-order valence-corrected chi connectivity index (χ2v) is 7.74. The highest BCUT2D eigenvalue weighted by molar-refractivity contribution is 5.42. The predicted octanol–water partition coefficient (Wildman–Crippen LogP) is 1.59. The zero-order valence-corrected chi connectivity index (χ0v) is 16.7. The Morgan fingerprint density at radius 3 is 2.66 bits per heavy atom. The molecule has 3 aromatic rings. The van der Waals surface area contributed by atoms with Crippen molar-refractivity contribution in [3.63, 3.8) is 0 Å². The van der Waals surface area contributed by atoms with E-state index in [1.807, 2.05) is 55.5 Å². The van der Waals surface area contributed by atoms with Crippen LogP contribution >= 0.6 is 0 Å². The zero-order chi connectivity index (χ0) is 19.8. The van der Waals surface area contributed by atoms with Crippen molar-refractivity contribution in [2.24, 2.45) is 0 Å². The lowest BCUT2D eigenvalue weighted by Gasteiger charge is -2.44. The molecule has 4 heterocycles. The number of para-hydroxylation sites is 1. The molecule has 1 saturated heterocycles. The van der Waals surface area contributed by atoms with E-state index in [0.717, 1.165) is 55.6 Å². The molecule has 29 heavy (non-hydrogen) atoms. The molecule has 0 saturated carbocycles. The Hall–Kier alpha value is -3.07. The molecule has 2 aliphatic heterocycles. The number of anilines is 2. The van der Waals surface area contributed by atoms with Gasteiger partial charge in [-0.1, -0.05) is 23.3 Å². The van der Waals surface area contributed by atoms with E-state index >= 15 is 0 Å². The first-order chi connectivity index (χ1) is 14.2. The van der Waals surface area contributed by atoms with Crippen molar-refractivity contribution in [2.45, 2.75) is 24.9 Å². The molecular weight excluding hydrogens is 368 g/mol. The van der Waals surface area contributed by atoms with Gasteiger partial charge in [-0.25, -0.2) is 9.97 Å². The van der Waals surface area contributed by atoms with Gasteiger partial charge in [-0.15, -0.1) is 0 Å². The summed E-state index contributed by atoms with van der Waals surface area (Å²) in [4.78, 5) is 13.5. The van der Waals surface area contributed by atoms with Gasteiger partial charge in [-0.3, -0.25) is 0 Å². The summed E-state index contributed by atoms with van der Waals surface area (Å²) in [5.74, 6) is 1.49. The van der Waals surface area contributed by atoms with E-state index in [0.29, 0.717) is 6.61 Å². The average Bonchev–Trinajstić information content (AvgIpc) is 3.25. The summed E-state index contributed by atoms with van der Waals surface area (Å²) in [6, 6.07) is 9.97. The molecule has 1 spiro atoms. The van der Waals surface area contributed by atoms with Crippen LogP contribution in [0, 0.1) is 0 Å². The minimum atomic E-state index is -0.358. The SMILES string of the molecule is CN(C)c1ncc2c(n1)C1(CCN(c3nnnn3-c3ccccc3)CC1)OCC2. The standard InChI is InChI=1S/C20H24N8O/c1-26(2)18-21-14-15-8-13-29-20(17(15)22-18)9-11-27(12-10-20)19-23-24-25-28(19)16-6-4-3-5-7-16/h3-7,14H,8-13H2,1-2H3. The van der Waals surface area contributed by atoms with Crippen molar-refractivity contribution >= 4 is 11.9 Å². The molecule has 0 amide bonds. The molecule has 150 valence electrons. The molecule has 9 heteroatoms. The van der Waals surface area contributed by atoms with Crippen molar-refractivity contribution in [1.82, 2.24) is 30.2 Å². The average molecular weight is 392 g/mol. The number of ether oxygens (including phenoxy) is 1. The molecule has 2 aliphatic rings. The Balaban J connectivity index is 1.41. The van der Waals surface area contributed by atoms with Crippen LogP contribution in [0.1, 0.15) is 24.1 Å². The Morgan fingerprint density at radius 2 is 1.90 bits per heavy atom. The maximum atomic E-state index is 6.35. The number of tetrazole rings is 1. The molecule has 5 rings (SSSR count). The third-order valence-electron chi connectivity index (χ3n) is 5.74. The van der Waals surface area contributed by atoms with Crippen LogP contribution in [-0.2, 0) is 16.8 Å². The Labute approximate surface area is 169 Å². The van der Waals surface area contributed by atoms with Gasteiger partial charge in [0, 0.05) is 33.4 Å². The molecule has 0 aliphatic carbocycles. The minimum Gasteiger partial charge on any atom is -0.368 e. The van der Waals surface area contributed by atoms with E-state index in [9.17, 15) is 0 Å². The second kappa shape index (κ2) is 7.07. The molecule has 0 atom stereocenters. The van der Waals surface area contributed by atoms with E-state index in [2.05, 4.69) is 25.4 Å². The van der Waals surface area contributed by atoms with Crippen LogP contribution in [0.3, 0.4) is 0 Å². The first-order valence-corrected chi connectivity index (χ1v) is 9.93. The molecule has 0 N–H and O–H groups in total. The number of benzene rings is 1. The van der Waals surface area contributed by atoms with Crippen molar-refractivity contribution < 1.29 is 4.74 Å².